The fraction of sp³-hybridized carbons (Fsp3) is 0.455. The van der Waals surface area contributed by atoms with Gasteiger partial charge in [-0.2, -0.15) is 0 Å². The molecule has 1 fully saturated rings. The zero-order valence-corrected chi connectivity index (χ0v) is 17.3. The van der Waals surface area contributed by atoms with Crippen LogP contribution >= 0.6 is 0 Å². The van der Waals surface area contributed by atoms with E-state index < -0.39 is 23.3 Å². The average Bonchev–Trinajstić information content (AvgIpc) is 3.27. The zero-order valence-electron chi connectivity index (χ0n) is 17.3. The van der Waals surface area contributed by atoms with Gasteiger partial charge in [-0.15, -0.1) is 0 Å². The van der Waals surface area contributed by atoms with Crippen LogP contribution in [0.1, 0.15) is 31.7 Å². The number of carbonyl (C=O) groups is 4. The lowest BCUT2D eigenvalue weighted by molar-refractivity contribution is -0.138. The predicted octanol–water partition coefficient (Wildman–Crippen LogP) is 1.80. The maximum absolute atomic E-state index is 13.2. The summed E-state index contributed by atoms with van der Waals surface area (Å²) in [7, 11) is 2.61. The van der Waals surface area contributed by atoms with Crippen LogP contribution in [-0.2, 0) is 34.1 Å². The first-order valence-corrected chi connectivity index (χ1v) is 9.90. The van der Waals surface area contributed by atoms with Gasteiger partial charge >= 0.3 is 5.97 Å². The lowest BCUT2D eigenvalue weighted by Crippen LogP contribution is -2.48. The molecular formula is C22H26N2O6. The number of hydrogen-bond acceptors (Lipinski definition) is 6. The zero-order chi connectivity index (χ0) is 21.9. The molecule has 0 unspecified atom stereocenters. The monoisotopic (exact) mass is 414 g/mol. The molecule has 1 saturated heterocycles. The fourth-order valence-corrected chi connectivity index (χ4v) is 4.71. The molecule has 3 rings (SSSR count). The lowest BCUT2D eigenvalue weighted by Gasteiger charge is -2.34. The average molecular weight is 414 g/mol. The van der Waals surface area contributed by atoms with Crippen LogP contribution in [0.5, 0.6) is 0 Å². The number of carbonyl (C=O) groups excluding carboxylic acids is 4. The van der Waals surface area contributed by atoms with Gasteiger partial charge in [-0.05, 0) is 24.5 Å². The molecule has 160 valence electrons. The highest BCUT2D eigenvalue weighted by Gasteiger charge is 2.58. The van der Waals surface area contributed by atoms with Gasteiger partial charge in [0.15, 0.2) is 0 Å². The summed E-state index contributed by atoms with van der Waals surface area (Å²) in [6, 6.07) is 6.78. The number of anilines is 1. The van der Waals surface area contributed by atoms with Crippen molar-refractivity contribution in [1.29, 1.82) is 0 Å². The maximum atomic E-state index is 13.2. The van der Waals surface area contributed by atoms with Crippen LogP contribution in [0, 0.1) is 5.92 Å². The van der Waals surface area contributed by atoms with Crippen molar-refractivity contribution in [1.82, 2.24) is 4.90 Å². The molecule has 0 aromatic heterocycles. The number of nitrogens with zero attached hydrogens (tertiary/aromatic N) is 1. The van der Waals surface area contributed by atoms with Crippen LogP contribution in [-0.4, -0.2) is 55.8 Å². The Hall–Kier alpha value is -3.16. The number of methoxy groups -OCH3 is 2. The molecule has 3 atom stereocenters. The second-order valence-corrected chi connectivity index (χ2v) is 7.49. The van der Waals surface area contributed by atoms with E-state index in [1.807, 2.05) is 24.3 Å². The molecule has 8 nitrogen and oxygen atoms in total. The summed E-state index contributed by atoms with van der Waals surface area (Å²) in [5.74, 6) is -1.94. The second kappa shape index (κ2) is 8.69. The summed E-state index contributed by atoms with van der Waals surface area (Å²) in [5, 5.41) is 2.91. The highest BCUT2D eigenvalue weighted by Crippen LogP contribution is 2.49. The number of ketones is 1. The first-order valence-electron chi connectivity index (χ1n) is 9.90. The number of benzene rings is 1. The number of fused-ring (bicyclic) bond motifs is 2. The molecule has 0 aliphatic carbocycles. The van der Waals surface area contributed by atoms with Crippen LogP contribution in [0.3, 0.4) is 0 Å². The minimum absolute atomic E-state index is 0.0754. The molecule has 2 heterocycles. The van der Waals surface area contributed by atoms with Crippen LogP contribution in [0.15, 0.2) is 36.1 Å². The number of esters is 1. The molecule has 1 spiro atoms. The predicted molar refractivity (Wildman–Crippen MR) is 108 cm³/mol. The molecule has 1 N–H and O–H groups in total. The topological polar surface area (TPSA) is 102 Å². The third-order valence-corrected chi connectivity index (χ3v) is 6.17. The highest BCUT2D eigenvalue weighted by molar-refractivity contribution is 6.07. The third kappa shape index (κ3) is 3.36. The molecule has 1 aromatic rings. The van der Waals surface area contributed by atoms with Crippen molar-refractivity contribution in [2.45, 2.75) is 37.6 Å². The van der Waals surface area contributed by atoms with Crippen LogP contribution in [0.4, 0.5) is 5.69 Å². The van der Waals surface area contributed by atoms with Gasteiger partial charge in [0.1, 0.15) is 5.78 Å². The number of ether oxygens (including phenoxy) is 2. The quantitative estimate of drug-likeness (QED) is 0.301. The van der Waals surface area contributed by atoms with Gasteiger partial charge in [-0.1, -0.05) is 25.1 Å². The number of para-hydroxylation sites is 1. The summed E-state index contributed by atoms with van der Waals surface area (Å²) >= 11 is 0. The smallest absolute Gasteiger partial charge is 0.337 e. The van der Waals surface area contributed by atoms with Gasteiger partial charge in [-0.25, -0.2) is 4.79 Å². The van der Waals surface area contributed by atoms with E-state index in [9.17, 15) is 19.2 Å². The number of hydrogen-bond donors (Lipinski definition) is 1. The van der Waals surface area contributed by atoms with Crippen molar-refractivity contribution in [3.05, 3.63) is 41.7 Å². The highest BCUT2D eigenvalue weighted by atomic mass is 16.5. The van der Waals surface area contributed by atoms with Crippen LogP contribution in [0.2, 0.25) is 0 Å². The van der Waals surface area contributed by atoms with Crippen molar-refractivity contribution in [3.63, 3.8) is 0 Å². The van der Waals surface area contributed by atoms with Gasteiger partial charge < -0.3 is 19.7 Å². The Kier molecular flexibility index (Phi) is 6.24. The number of likely N-dealkylation sites (tertiary alicyclic amines) is 1. The van der Waals surface area contributed by atoms with E-state index in [0.29, 0.717) is 25.1 Å². The minimum Gasteiger partial charge on any atom is -0.504 e. The molecule has 30 heavy (non-hydrogen) atoms. The molecule has 2 aliphatic heterocycles. The fourth-order valence-electron chi connectivity index (χ4n) is 4.71. The molecule has 0 saturated carbocycles. The van der Waals surface area contributed by atoms with Crippen molar-refractivity contribution in [3.8, 4) is 0 Å². The summed E-state index contributed by atoms with van der Waals surface area (Å²) < 4.78 is 9.89. The van der Waals surface area contributed by atoms with Gasteiger partial charge in [0, 0.05) is 18.7 Å². The van der Waals surface area contributed by atoms with Crippen molar-refractivity contribution in [2.24, 2.45) is 5.92 Å². The molecular weight excluding hydrogens is 388 g/mol. The van der Waals surface area contributed by atoms with E-state index in [2.05, 4.69) is 5.32 Å². The molecule has 2 amide bonds. The Morgan fingerprint density at radius 3 is 2.70 bits per heavy atom. The van der Waals surface area contributed by atoms with E-state index in [1.165, 1.54) is 20.5 Å². The molecule has 2 aliphatic rings. The van der Waals surface area contributed by atoms with E-state index in [0.717, 1.165) is 5.56 Å². The van der Waals surface area contributed by atoms with Crippen molar-refractivity contribution < 1.29 is 28.7 Å². The Labute approximate surface area is 175 Å². The third-order valence-electron chi connectivity index (χ3n) is 6.17. The number of amides is 2. The maximum Gasteiger partial charge on any atom is 0.337 e. The first-order chi connectivity index (χ1) is 14.4. The van der Waals surface area contributed by atoms with Gasteiger partial charge in [0.2, 0.25) is 12.3 Å². The Balaban J connectivity index is 2.08. The van der Waals surface area contributed by atoms with E-state index in [4.69, 9.17) is 9.47 Å². The normalized spacial score (nSPS) is 23.7. The van der Waals surface area contributed by atoms with Crippen molar-refractivity contribution in [2.75, 3.05) is 26.1 Å². The molecule has 8 heteroatoms. The van der Waals surface area contributed by atoms with E-state index in [-0.39, 0.29) is 30.1 Å². The summed E-state index contributed by atoms with van der Waals surface area (Å²) in [6.45, 7) is 2.08. The lowest BCUT2D eigenvalue weighted by atomic mass is 9.71. The van der Waals surface area contributed by atoms with Gasteiger partial charge in [0.25, 0.3) is 0 Å². The summed E-state index contributed by atoms with van der Waals surface area (Å²) in [5.41, 5.74) is 0.617. The Morgan fingerprint density at radius 1 is 1.33 bits per heavy atom. The minimum atomic E-state index is -0.974. The summed E-state index contributed by atoms with van der Waals surface area (Å²) in [6.07, 6.45) is 2.65. The van der Waals surface area contributed by atoms with Gasteiger partial charge in [-0.3, -0.25) is 14.4 Å². The number of rotatable bonds is 8. The SMILES string of the molecule is CCC(=O)[C@H](C[C@H]1N(C=O)CC[C@@]12C(=O)Nc1ccccc12)/C(=C/OC)C(=O)OC. The Morgan fingerprint density at radius 2 is 2.07 bits per heavy atom. The first kappa shape index (κ1) is 21.5. The van der Waals surface area contributed by atoms with Crippen molar-refractivity contribution >= 4 is 29.8 Å². The standard InChI is InChI=1S/C22H26N2O6/c1-4-18(26)14(15(12-29-2)20(27)30-3)11-19-22(9-10-24(19)13-25)16-7-5-6-8-17(16)23-21(22)28/h5-8,12-14,19H,4,9-11H2,1-3H3,(H,23,28)/b15-12-/t14-,19-,22+/m1/s1. The summed E-state index contributed by atoms with van der Waals surface area (Å²) in [4.78, 5) is 51.8. The molecule has 0 bridgehead atoms. The number of nitrogens with one attached hydrogen (secondary N) is 1. The molecule has 0 radical (unpaired) electrons. The van der Waals surface area contributed by atoms with Crippen LogP contribution < -0.4 is 5.32 Å². The van der Waals surface area contributed by atoms with E-state index >= 15 is 0 Å². The van der Waals surface area contributed by atoms with Gasteiger partial charge in [0.05, 0.1) is 43.4 Å². The van der Waals surface area contributed by atoms with E-state index in [1.54, 1.807) is 11.8 Å². The van der Waals surface area contributed by atoms with Crippen LogP contribution in [0.25, 0.3) is 0 Å². The largest absolute Gasteiger partial charge is 0.504 e. The molecule has 1 aromatic carbocycles. The number of Topliss-reactive ketones (excluding diaryl/α,β-unsaturated/α-hetero) is 1. The Bertz CT molecular complexity index is 895. The second-order valence-electron chi connectivity index (χ2n) is 7.49.